The van der Waals surface area contributed by atoms with Gasteiger partial charge in [-0.05, 0) is 37.6 Å². The number of fused-ring (bicyclic) bond motifs is 1. The Morgan fingerprint density at radius 3 is 2.43 bits per heavy atom. The topological polar surface area (TPSA) is 24.9 Å². The van der Waals surface area contributed by atoms with Crippen LogP contribution >= 0.6 is 0 Å². The number of hydrogen-bond donors (Lipinski definition) is 1. The van der Waals surface area contributed by atoms with Crippen molar-refractivity contribution in [2.24, 2.45) is 0 Å². The first-order chi connectivity index (χ1) is 10.9. The molecule has 3 aromatic rings. The molecule has 0 saturated carbocycles. The fourth-order valence-electron chi connectivity index (χ4n) is 2.61. The van der Waals surface area contributed by atoms with Crippen LogP contribution in [0.2, 0.25) is 0 Å². The van der Waals surface area contributed by atoms with Gasteiger partial charge < -0.3 is 5.32 Å². The molecule has 1 heterocycles. The average molecular weight is 316 g/mol. The summed E-state index contributed by atoms with van der Waals surface area (Å²) in [5, 5.41) is 3.66. The molecule has 0 fully saturated rings. The van der Waals surface area contributed by atoms with Crippen LogP contribution < -0.4 is 5.32 Å². The molecule has 3 rings (SSSR count). The molecule has 23 heavy (non-hydrogen) atoms. The molecular formula is C18H15F3N2. The third-order valence-electron chi connectivity index (χ3n) is 3.73. The van der Waals surface area contributed by atoms with Gasteiger partial charge in [0.15, 0.2) is 0 Å². The van der Waals surface area contributed by atoms with E-state index in [1.165, 1.54) is 12.3 Å². The minimum atomic E-state index is -4.43. The third-order valence-corrected chi connectivity index (χ3v) is 3.73. The summed E-state index contributed by atoms with van der Waals surface area (Å²) in [5.74, 6) is 0. The Kier molecular flexibility index (Phi) is 3.72. The summed E-state index contributed by atoms with van der Waals surface area (Å²) in [7, 11) is 0. The summed E-state index contributed by atoms with van der Waals surface area (Å²) in [6.07, 6.45) is -3.03. The Morgan fingerprint density at radius 1 is 0.957 bits per heavy atom. The number of aromatic nitrogens is 1. The third kappa shape index (κ3) is 2.99. The Labute approximate surface area is 132 Å². The summed E-state index contributed by atoms with van der Waals surface area (Å²) in [6, 6.07) is 11.7. The van der Waals surface area contributed by atoms with Gasteiger partial charge in [0.25, 0.3) is 0 Å². The molecule has 2 aromatic carbocycles. The van der Waals surface area contributed by atoms with E-state index in [-0.39, 0.29) is 5.52 Å². The molecule has 0 bridgehead atoms. The molecule has 0 radical (unpaired) electrons. The molecule has 118 valence electrons. The molecule has 5 heteroatoms. The summed E-state index contributed by atoms with van der Waals surface area (Å²) in [4.78, 5) is 3.93. The first kappa shape index (κ1) is 15.3. The molecular weight excluding hydrogens is 301 g/mol. The van der Waals surface area contributed by atoms with Gasteiger partial charge in [-0.25, -0.2) is 0 Å². The van der Waals surface area contributed by atoms with Crippen LogP contribution in [0.1, 0.15) is 16.7 Å². The quantitative estimate of drug-likeness (QED) is 0.664. The first-order valence-corrected chi connectivity index (χ1v) is 7.15. The SMILES string of the molecule is Cc1ccc(Nc2ccnc3c(C(F)(F)F)cccc23)c(C)c1. The second kappa shape index (κ2) is 5.57. The van der Waals surface area contributed by atoms with E-state index < -0.39 is 11.7 Å². The van der Waals surface area contributed by atoms with Crippen molar-refractivity contribution in [2.45, 2.75) is 20.0 Å². The number of pyridine rings is 1. The molecule has 2 nitrogen and oxygen atoms in total. The fourth-order valence-corrected chi connectivity index (χ4v) is 2.61. The van der Waals surface area contributed by atoms with Gasteiger partial charge in [0.05, 0.1) is 11.1 Å². The average Bonchev–Trinajstić information content (AvgIpc) is 2.49. The van der Waals surface area contributed by atoms with Gasteiger partial charge in [-0.2, -0.15) is 13.2 Å². The maximum Gasteiger partial charge on any atom is 0.418 e. The molecule has 0 aliphatic carbocycles. The molecule has 0 saturated heterocycles. The van der Waals surface area contributed by atoms with Crippen LogP contribution in [0.3, 0.4) is 0 Å². The maximum absolute atomic E-state index is 13.1. The van der Waals surface area contributed by atoms with Crippen LogP contribution in [0.15, 0.2) is 48.7 Å². The van der Waals surface area contributed by atoms with E-state index in [9.17, 15) is 13.2 Å². The predicted molar refractivity (Wildman–Crippen MR) is 85.9 cm³/mol. The van der Waals surface area contributed by atoms with Crippen LogP contribution in [0, 0.1) is 13.8 Å². The van der Waals surface area contributed by atoms with Crippen molar-refractivity contribution in [3.63, 3.8) is 0 Å². The maximum atomic E-state index is 13.1. The zero-order chi connectivity index (χ0) is 16.6. The van der Waals surface area contributed by atoms with Crippen LogP contribution in [-0.2, 0) is 6.18 Å². The smallest absolute Gasteiger partial charge is 0.355 e. The van der Waals surface area contributed by atoms with E-state index in [0.29, 0.717) is 11.1 Å². The van der Waals surface area contributed by atoms with Crippen molar-refractivity contribution in [1.29, 1.82) is 0 Å². The number of benzene rings is 2. The summed E-state index contributed by atoms with van der Waals surface area (Å²) in [5.41, 5.74) is 2.86. The Bertz CT molecular complexity index is 870. The van der Waals surface area contributed by atoms with E-state index in [0.717, 1.165) is 22.9 Å². The molecule has 1 N–H and O–H groups in total. The number of nitrogens with zero attached hydrogens (tertiary/aromatic N) is 1. The van der Waals surface area contributed by atoms with Gasteiger partial charge in [0.2, 0.25) is 0 Å². The molecule has 0 unspecified atom stereocenters. The standard InChI is InChI=1S/C18H15F3N2/c1-11-6-7-15(12(2)10-11)23-16-8-9-22-17-13(16)4-3-5-14(17)18(19,20)21/h3-10H,1-2H3,(H,22,23). The van der Waals surface area contributed by atoms with Crippen molar-refractivity contribution in [1.82, 2.24) is 4.98 Å². The molecule has 0 atom stereocenters. The number of alkyl halides is 3. The van der Waals surface area contributed by atoms with Crippen molar-refractivity contribution in [2.75, 3.05) is 5.32 Å². The lowest BCUT2D eigenvalue weighted by atomic mass is 10.1. The number of halogens is 3. The van der Waals surface area contributed by atoms with Crippen LogP contribution in [0.25, 0.3) is 10.9 Å². The van der Waals surface area contributed by atoms with E-state index in [1.807, 2.05) is 32.0 Å². The van der Waals surface area contributed by atoms with Gasteiger partial charge in [-0.15, -0.1) is 0 Å². The lowest BCUT2D eigenvalue weighted by Gasteiger charge is -2.14. The highest BCUT2D eigenvalue weighted by atomic mass is 19.4. The highest BCUT2D eigenvalue weighted by Gasteiger charge is 2.33. The Morgan fingerprint density at radius 2 is 1.74 bits per heavy atom. The number of nitrogens with one attached hydrogen (secondary N) is 1. The van der Waals surface area contributed by atoms with Crippen LogP contribution in [0.4, 0.5) is 24.5 Å². The van der Waals surface area contributed by atoms with Gasteiger partial charge in [-0.3, -0.25) is 4.98 Å². The summed E-state index contributed by atoms with van der Waals surface area (Å²) in [6.45, 7) is 3.95. The first-order valence-electron chi connectivity index (χ1n) is 7.15. The number of anilines is 2. The van der Waals surface area contributed by atoms with E-state index in [2.05, 4.69) is 10.3 Å². The second-order valence-electron chi connectivity index (χ2n) is 5.50. The molecule has 1 aromatic heterocycles. The van der Waals surface area contributed by atoms with E-state index in [4.69, 9.17) is 0 Å². The number of rotatable bonds is 2. The minimum absolute atomic E-state index is 0.0465. The van der Waals surface area contributed by atoms with E-state index >= 15 is 0 Å². The number of hydrogen-bond acceptors (Lipinski definition) is 2. The number of para-hydroxylation sites is 1. The Balaban J connectivity index is 2.12. The minimum Gasteiger partial charge on any atom is -0.355 e. The zero-order valence-corrected chi connectivity index (χ0v) is 12.7. The van der Waals surface area contributed by atoms with Gasteiger partial charge in [0, 0.05) is 23.0 Å². The van der Waals surface area contributed by atoms with Crippen molar-refractivity contribution in [3.8, 4) is 0 Å². The number of aryl methyl sites for hydroxylation is 2. The van der Waals surface area contributed by atoms with Crippen LogP contribution in [0.5, 0.6) is 0 Å². The lowest BCUT2D eigenvalue weighted by Crippen LogP contribution is -2.07. The Hall–Kier alpha value is -2.56. The normalized spacial score (nSPS) is 11.7. The molecule has 0 aliphatic rings. The highest BCUT2D eigenvalue weighted by molar-refractivity contribution is 5.95. The van der Waals surface area contributed by atoms with Crippen molar-refractivity contribution < 1.29 is 13.2 Å². The zero-order valence-electron chi connectivity index (χ0n) is 12.7. The molecule has 0 amide bonds. The predicted octanol–water partition coefficient (Wildman–Crippen LogP) is 5.61. The molecule has 0 aliphatic heterocycles. The van der Waals surface area contributed by atoms with Crippen LogP contribution in [-0.4, -0.2) is 4.98 Å². The van der Waals surface area contributed by atoms with E-state index in [1.54, 1.807) is 12.1 Å². The van der Waals surface area contributed by atoms with Gasteiger partial charge in [-0.1, -0.05) is 29.8 Å². The second-order valence-corrected chi connectivity index (χ2v) is 5.50. The van der Waals surface area contributed by atoms with Gasteiger partial charge >= 0.3 is 6.18 Å². The van der Waals surface area contributed by atoms with Crippen molar-refractivity contribution in [3.05, 3.63) is 65.4 Å². The molecule has 0 spiro atoms. The summed E-state index contributed by atoms with van der Waals surface area (Å²) >= 11 is 0. The van der Waals surface area contributed by atoms with Crippen molar-refractivity contribution >= 4 is 22.3 Å². The van der Waals surface area contributed by atoms with Gasteiger partial charge in [0.1, 0.15) is 0 Å². The highest BCUT2D eigenvalue weighted by Crippen LogP contribution is 2.36. The fraction of sp³-hybridized carbons (Fsp3) is 0.167. The largest absolute Gasteiger partial charge is 0.418 e. The monoisotopic (exact) mass is 316 g/mol. The lowest BCUT2D eigenvalue weighted by molar-refractivity contribution is -0.136. The summed E-state index contributed by atoms with van der Waals surface area (Å²) < 4.78 is 39.4.